The molecule has 2 rings (SSSR count). The van der Waals surface area contributed by atoms with Crippen molar-refractivity contribution in [2.24, 2.45) is 0 Å². The molecule has 1 heterocycles. The highest BCUT2D eigenvalue weighted by atomic mass is 35.5. The van der Waals surface area contributed by atoms with E-state index in [9.17, 15) is 10.1 Å². The third kappa shape index (κ3) is 3.20. The number of benzene rings is 1. The van der Waals surface area contributed by atoms with Gasteiger partial charge in [0, 0.05) is 42.8 Å². The van der Waals surface area contributed by atoms with Gasteiger partial charge in [-0.15, -0.1) is 0 Å². The standard InChI is InChI=1S/C12H13ClN4O2/c13-10-2-1-9(12(5-10)17(18)19)8-16-4-3-15-7-11(16)6-14/h1-2,5,11,15H,3-4,7-8H2. The predicted molar refractivity (Wildman–Crippen MR) is 70.8 cm³/mol. The molecule has 1 aromatic carbocycles. The Labute approximate surface area is 115 Å². The summed E-state index contributed by atoms with van der Waals surface area (Å²) < 4.78 is 0. The number of piperazine rings is 1. The van der Waals surface area contributed by atoms with Crippen LogP contribution in [0, 0.1) is 21.4 Å². The Hall–Kier alpha value is -1.68. The number of hydrogen-bond donors (Lipinski definition) is 1. The fraction of sp³-hybridized carbons (Fsp3) is 0.417. The summed E-state index contributed by atoms with van der Waals surface area (Å²) in [4.78, 5) is 12.5. The van der Waals surface area contributed by atoms with Crippen molar-refractivity contribution in [3.8, 4) is 6.07 Å². The molecule has 1 saturated heterocycles. The van der Waals surface area contributed by atoms with Gasteiger partial charge in [-0.3, -0.25) is 15.0 Å². The Balaban J connectivity index is 2.23. The summed E-state index contributed by atoms with van der Waals surface area (Å²) in [6, 6.07) is 6.57. The summed E-state index contributed by atoms with van der Waals surface area (Å²) in [5.74, 6) is 0. The maximum absolute atomic E-state index is 11.0. The van der Waals surface area contributed by atoms with Gasteiger partial charge in [0.2, 0.25) is 0 Å². The molecule has 1 fully saturated rings. The Bertz CT molecular complexity index is 529. The van der Waals surface area contributed by atoms with Crippen molar-refractivity contribution in [2.75, 3.05) is 19.6 Å². The van der Waals surface area contributed by atoms with Gasteiger partial charge in [0.05, 0.1) is 11.0 Å². The minimum absolute atomic E-state index is 0.00252. The molecule has 0 bridgehead atoms. The monoisotopic (exact) mass is 280 g/mol. The number of halogens is 1. The molecule has 0 radical (unpaired) electrons. The quantitative estimate of drug-likeness (QED) is 0.671. The molecule has 1 aliphatic rings. The van der Waals surface area contributed by atoms with Crippen LogP contribution >= 0.6 is 11.6 Å². The fourth-order valence-corrected chi connectivity index (χ4v) is 2.29. The van der Waals surface area contributed by atoms with Crippen LogP contribution in [0.2, 0.25) is 5.02 Å². The molecule has 1 N–H and O–H groups in total. The number of hydrogen-bond acceptors (Lipinski definition) is 5. The zero-order valence-electron chi connectivity index (χ0n) is 10.2. The van der Waals surface area contributed by atoms with Gasteiger partial charge >= 0.3 is 0 Å². The van der Waals surface area contributed by atoms with E-state index in [2.05, 4.69) is 11.4 Å². The molecule has 0 aromatic heterocycles. The van der Waals surface area contributed by atoms with Gasteiger partial charge in [-0.05, 0) is 12.1 Å². The van der Waals surface area contributed by atoms with E-state index in [-0.39, 0.29) is 11.7 Å². The molecule has 7 heteroatoms. The van der Waals surface area contributed by atoms with Crippen LogP contribution in [0.3, 0.4) is 0 Å². The number of nitrogens with one attached hydrogen (secondary N) is 1. The molecule has 1 aromatic rings. The lowest BCUT2D eigenvalue weighted by Crippen LogP contribution is -2.50. The summed E-state index contributed by atoms with van der Waals surface area (Å²) in [7, 11) is 0. The Morgan fingerprint density at radius 3 is 3.11 bits per heavy atom. The largest absolute Gasteiger partial charge is 0.313 e. The van der Waals surface area contributed by atoms with Crippen molar-refractivity contribution in [3.63, 3.8) is 0 Å². The number of nitro benzene ring substituents is 1. The topological polar surface area (TPSA) is 82.2 Å². The molecule has 0 saturated carbocycles. The van der Waals surface area contributed by atoms with Crippen LogP contribution in [0.25, 0.3) is 0 Å². The van der Waals surface area contributed by atoms with Gasteiger partial charge in [0.15, 0.2) is 0 Å². The van der Waals surface area contributed by atoms with Crippen molar-refractivity contribution in [1.29, 1.82) is 5.26 Å². The first kappa shape index (κ1) is 13.7. The summed E-state index contributed by atoms with van der Waals surface area (Å²) in [5.41, 5.74) is 0.583. The van der Waals surface area contributed by atoms with Crippen LogP contribution in [-0.2, 0) is 6.54 Å². The maximum atomic E-state index is 11.0. The van der Waals surface area contributed by atoms with Crippen LogP contribution in [-0.4, -0.2) is 35.5 Å². The van der Waals surface area contributed by atoms with Crippen molar-refractivity contribution >= 4 is 17.3 Å². The van der Waals surface area contributed by atoms with Crippen LogP contribution in [0.1, 0.15) is 5.56 Å². The SMILES string of the molecule is N#CC1CNCCN1Cc1ccc(Cl)cc1[N+](=O)[O-]. The molecule has 100 valence electrons. The third-order valence-electron chi connectivity index (χ3n) is 3.12. The molecule has 6 nitrogen and oxygen atoms in total. The van der Waals surface area contributed by atoms with E-state index in [4.69, 9.17) is 16.9 Å². The Morgan fingerprint density at radius 1 is 1.63 bits per heavy atom. The predicted octanol–water partition coefficient (Wildman–Crippen LogP) is 1.55. The van der Waals surface area contributed by atoms with Crippen molar-refractivity contribution in [2.45, 2.75) is 12.6 Å². The first-order valence-electron chi connectivity index (χ1n) is 5.89. The zero-order chi connectivity index (χ0) is 13.8. The highest BCUT2D eigenvalue weighted by molar-refractivity contribution is 6.30. The van der Waals surface area contributed by atoms with E-state index in [0.717, 1.165) is 6.54 Å². The van der Waals surface area contributed by atoms with Crippen molar-refractivity contribution in [1.82, 2.24) is 10.2 Å². The smallest absolute Gasteiger partial charge is 0.275 e. The number of rotatable bonds is 3. The van der Waals surface area contributed by atoms with Gasteiger partial charge < -0.3 is 5.32 Å². The van der Waals surface area contributed by atoms with Crippen LogP contribution in [0.4, 0.5) is 5.69 Å². The van der Waals surface area contributed by atoms with Crippen LogP contribution in [0.15, 0.2) is 18.2 Å². The zero-order valence-corrected chi connectivity index (χ0v) is 10.9. The van der Waals surface area contributed by atoms with Gasteiger partial charge in [-0.1, -0.05) is 11.6 Å². The van der Waals surface area contributed by atoms with Crippen LogP contribution < -0.4 is 5.32 Å². The number of nitrogens with zero attached hydrogens (tertiary/aromatic N) is 3. The summed E-state index contributed by atoms with van der Waals surface area (Å²) in [6.07, 6.45) is 0. The van der Waals surface area contributed by atoms with E-state index >= 15 is 0 Å². The lowest BCUT2D eigenvalue weighted by atomic mass is 10.1. The molecule has 0 aliphatic carbocycles. The second-order valence-corrected chi connectivity index (χ2v) is 4.79. The molecule has 0 amide bonds. The second-order valence-electron chi connectivity index (χ2n) is 4.35. The average Bonchev–Trinajstić information content (AvgIpc) is 2.41. The molecule has 1 atom stereocenters. The Kier molecular flexibility index (Phi) is 4.32. The van der Waals surface area contributed by atoms with Crippen LogP contribution in [0.5, 0.6) is 0 Å². The summed E-state index contributed by atoms with van der Waals surface area (Å²) in [6.45, 7) is 2.43. The van der Waals surface area contributed by atoms with E-state index in [1.54, 1.807) is 12.1 Å². The minimum atomic E-state index is -0.440. The van der Waals surface area contributed by atoms with Crippen molar-refractivity contribution < 1.29 is 4.92 Å². The molecule has 0 spiro atoms. The maximum Gasteiger partial charge on any atom is 0.275 e. The van der Waals surface area contributed by atoms with E-state index in [0.29, 0.717) is 30.2 Å². The number of nitriles is 1. The Morgan fingerprint density at radius 2 is 2.42 bits per heavy atom. The highest BCUT2D eigenvalue weighted by Crippen LogP contribution is 2.25. The van der Waals surface area contributed by atoms with Gasteiger partial charge in [-0.25, -0.2) is 0 Å². The first-order chi connectivity index (χ1) is 9.11. The lowest BCUT2D eigenvalue weighted by molar-refractivity contribution is -0.385. The van der Waals surface area contributed by atoms with E-state index < -0.39 is 4.92 Å². The van der Waals surface area contributed by atoms with E-state index in [1.165, 1.54) is 6.07 Å². The normalized spacial score (nSPS) is 19.9. The van der Waals surface area contributed by atoms with Gasteiger partial charge in [0.1, 0.15) is 6.04 Å². The second kappa shape index (κ2) is 5.97. The fourth-order valence-electron chi connectivity index (χ4n) is 2.12. The average molecular weight is 281 g/mol. The van der Waals surface area contributed by atoms with Gasteiger partial charge in [-0.2, -0.15) is 5.26 Å². The van der Waals surface area contributed by atoms with E-state index in [1.807, 2.05) is 4.90 Å². The summed E-state index contributed by atoms with van der Waals surface area (Å²) >= 11 is 5.78. The highest BCUT2D eigenvalue weighted by Gasteiger charge is 2.24. The molecule has 1 aliphatic heterocycles. The minimum Gasteiger partial charge on any atom is -0.313 e. The molecular weight excluding hydrogens is 268 g/mol. The third-order valence-corrected chi connectivity index (χ3v) is 3.36. The van der Waals surface area contributed by atoms with Gasteiger partial charge in [0.25, 0.3) is 5.69 Å². The molecular formula is C12H13ClN4O2. The molecule has 19 heavy (non-hydrogen) atoms. The molecule has 1 unspecified atom stereocenters. The number of nitro groups is 1. The lowest BCUT2D eigenvalue weighted by Gasteiger charge is -2.31. The van der Waals surface area contributed by atoms with Crippen molar-refractivity contribution in [3.05, 3.63) is 38.9 Å². The summed E-state index contributed by atoms with van der Waals surface area (Å²) in [5, 5.41) is 23.6. The first-order valence-corrected chi connectivity index (χ1v) is 6.27.